The minimum atomic E-state index is -0.478. The van der Waals surface area contributed by atoms with Crippen molar-refractivity contribution in [3.05, 3.63) is 60.3 Å². The quantitative estimate of drug-likeness (QED) is 0.343. The summed E-state index contributed by atoms with van der Waals surface area (Å²) in [6, 6.07) is 16.9. The van der Waals surface area contributed by atoms with Crippen molar-refractivity contribution in [1.29, 1.82) is 0 Å². The van der Waals surface area contributed by atoms with E-state index in [1.807, 2.05) is 60.0 Å². The van der Waals surface area contributed by atoms with Crippen LogP contribution in [0.1, 0.15) is 19.5 Å². The van der Waals surface area contributed by atoms with Crippen LogP contribution in [0.25, 0.3) is 17.1 Å². The molecule has 1 amide bonds. The predicted molar refractivity (Wildman–Crippen MR) is 130 cm³/mol. The summed E-state index contributed by atoms with van der Waals surface area (Å²) in [6.07, 6.45) is 0. The highest BCUT2D eigenvalue weighted by molar-refractivity contribution is 8.00. The third-order valence-electron chi connectivity index (χ3n) is 4.89. The van der Waals surface area contributed by atoms with Crippen LogP contribution in [0.3, 0.4) is 0 Å². The van der Waals surface area contributed by atoms with E-state index in [9.17, 15) is 4.79 Å². The number of aryl methyl sites for hydroxylation is 1. The number of thioether (sulfide) groups is 1. The van der Waals surface area contributed by atoms with Crippen LogP contribution in [0.2, 0.25) is 0 Å². The number of anilines is 1. The Labute approximate surface area is 201 Å². The van der Waals surface area contributed by atoms with Crippen LogP contribution in [0.15, 0.2) is 64.3 Å². The standard InChI is InChI=1S/C24H25N5O4S/c1-5-32-19-11-9-18(10-12-19)29-22(17-7-6-8-20(14-17)31-4)26-27-24(29)34-16(3)23(30)25-21-13-15(2)28-33-21/h6-14,16H,5H2,1-4H3,(H,25,30). The fourth-order valence-corrected chi connectivity index (χ4v) is 4.11. The molecule has 34 heavy (non-hydrogen) atoms. The van der Waals surface area contributed by atoms with Gasteiger partial charge in [-0.05, 0) is 57.2 Å². The molecule has 0 aliphatic heterocycles. The molecular formula is C24H25N5O4S. The number of benzene rings is 2. The first-order valence-corrected chi connectivity index (χ1v) is 11.6. The molecule has 10 heteroatoms. The van der Waals surface area contributed by atoms with E-state index in [4.69, 9.17) is 14.0 Å². The SMILES string of the molecule is CCOc1ccc(-n2c(SC(C)C(=O)Nc3cc(C)no3)nnc2-c2cccc(OC)c2)cc1. The summed E-state index contributed by atoms with van der Waals surface area (Å²) in [5, 5.41) is 15.5. The van der Waals surface area contributed by atoms with Gasteiger partial charge in [-0.1, -0.05) is 29.1 Å². The van der Waals surface area contributed by atoms with Crippen LogP contribution in [-0.4, -0.2) is 44.8 Å². The zero-order valence-electron chi connectivity index (χ0n) is 19.3. The second-order valence-electron chi connectivity index (χ2n) is 7.38. The Bertz CT molecular complexity index is 1270. The zero-order valence-corrected chi connectivity index (χ0v) is 20.1. The van der Waals surface area contributed by atoms with E-state index >= 15 is 0 Å². The van der Waals surface area contributed by atoms with E-state index in [-0.39, 0.29) is 5.91 Å². The molecule has 0 radical (unpaired) electrons. The van der Waals surface area contributed by atoms with Crippen molar-refractivity contribution in [2.24, 2.45) is 0 Å². The maximum Gasteiger partial charge on any atom is 0.240 e. The normalized spacial score (nSPS) is 11.8. The fraction of sp³-hybridized carbons (Fsp3) is 0.250. The number of amides is 1. The van der Waals surface area contributed by atoms with Gasteiger partial charge in [0.25, 0.3) is 0 Å². The molecule has 2 heterocycles. The summed E-state index contributed by atoms with van der Waals surface area (Å²) in [4.78, 5) is 12.7. The van der Waals surface area contributed by atoms with Crippen molar-refractivity contribution in [3.8, 4) is 28.6 Å². The van der Waals surface area contributed by atoms with E-state index in [0.717, 1.165) is 17.0 Å². The number of ether oxygens (including phenoxy) is 2. The molecule has 4 rings (SSSR count). The average molecular weight is 480 g/mol. The van der Waals surface area contributed by atoms with Gasteiger partial charge >= 0.3 is 0 Å². The second kappa shape index (κ2) is 10.4. The molecule has 1 N–H and O–H groups in total. The first kappa shape index (κ1) is 23.4. The summed E-state index contributed by atoms with van der Waals surface area (Å²) in [7, 11) is 1.62. The molecule has 0 aliphatic carbocycles. The van der Waals surface area contributed by atoms with Gasteiger partial charge in [0.15, 0.2) is 11.0 Å². The van der Waals surface area contributed by atoms with Gasteiger partial charge in [-0.25, -0.2) is 0 Å². The van der Waals surface area contributed by atoms with E-state index in [2.05, 4.69) is 20.7 Å². The van der Waals surface area contributed by atoms with E-state index in [1.165, 1.54) is 11.8 Å². The number of rotatable bonds is 9. The molecule has 4 aromatic rings. The second-order valence-corrected chi connectivity index (χ2v) is 8.69. The van der Waals surface area contributed by atoms with Crippen molar-refractivity contribution in [1.82, 2.24) is 19.9 Å². The van der Waals surface area contributed by atoms with Crippen LogP contribution < -0.4 is 14.8 Å². The molecule has 176 valence electrons. The van der Waals surface area contributed by atoms with Crippen LogP contribution in [0.5, 0.6) is 11.5 Å². The number of aromatic nitrogens is 4. The molecule has 0 spiro atoms. The predicted octanol–water partition coefficient (Wildman–Crippen LogP) is 4.76. The molecule has 0 aliphatic rings. The topological polar surface area (TPSA) is 104 Å². The highest BCUT2D eigenvalue weighted by atomic mass is 32.2. The summed E-state index contributed by atoms with van der Waals surface area (Å²) in [5.74, 6) is 2.18. The number of nitrogens with zero attached hydrogens (tertiary/aromatic N) is 4. The van der Waals surface area contributed by atoms with Crippen molar-refractivity contribution in [2.75, 3.05) is 19.0 Å². The maximum absolute atomic E-state index is 12.7. The minimum Gasteiger partial charge on any atom is -0.497 e. The Hall–Kier alpha value is -3.79. The first-order chi connectivity index (χ1) is 16.5. The third-order valence-corrected chi connectivity index (χ3v) is 5.94. The lowest BCUT2D eigenvalue weighted by Gasteiger charge is -2.14. The number of carbonyl (C=O) groups is 1. The third kappa shape index (κ3) is 5.23. The lowest BCUT2D eigenvalue weighted by molar-refractivity contribution is -0.115. The van der Waals surface area contributed by atoms with Crippen molar-refractivity contribution < 1.29 is 18.8 Å². The molecule has 2 aromatic carbocycles. The number of hydrogen-bond acceptors (Lipinski definition) is 8. The molecule has 9 nitrogen and oxygen atoms in total. The van der Waals surface area contributed by atoms with Crippen molar-refractivity contribution in [2.45, 2.75) is 31.2 Å². The van der Waals surface area contributed by atoms with E-state index in [1.54, 1.807) is 27.0 Å². The lowest BCUT2D eigenvalue weighted by atomic mass is 10.2. The smallest absolute Gasteiger partial charge is 0.240 e. The van der Waals surface area contributed by atoms with Crippen LogP contribution in [0.4, 0.5) is 5.88 Å². The number of hydrogen-bond donors (Lipinski definition) is 1. The summed E-state index contributed by atoms with van der Waals surface area (Å²) >= 11 is 1.29. The van der Waals surface area contributed by atoms with Crippen molar-refractivity contribution in [3.63, 3.8) is 0 Å². The van der Waals surface area contributed by atoms with E-state index < -0.39 is 5.25 Å². The lowest BCUT2D eigenvalue weighted by Crippen LogP contribution is -2.22. The van der Waals surface area contributed by atoms with Gasteiger partial charge < -0.3 is 14.0 Å². The Morgan fingerprint density at radius 1 is 1.15 bits per heavy atom. The average Bonchev–Trinajstić information content (AvgIpc) is 3.45. The van der Waals surface area contributed by atoms with Gasteiger partial charge in [0.2, 0.25) is 11.8 Å². The maximum atomic E-state index is 12.7. The number of carbonyl (C=O) groups excluding carboxylic acids is 1. The zero-order chi connectivity index (χ0) is 24.1. The van der Waals surface area contributed by atoms with Gasteiger partial charge in [0.05, 0.1) is 24.7 Å². The molecule has 2 aromatic heterocycles. The van der Waals surface area contributed by atoms with Crippen LogP contribution in [-0.2, 0) is 4.79 Å². The monoisotopic (exact) mass is 479 g/mol. The van der Waals surface area contributed by atoms with Crippen LogP contribution >= 0.6 is 11.8 Å². The number of nitrogens with one attached hydrogen (secondary N) is 1. The first-order valence-electron chi connectivity index (χ1n) is 10.7. The molecule has 0 fully saturated rings. The summed E-state index contributed by atoms with van der Waals surface area (Å²) in [6.45, 7) is 6.11. The largest absolute Gasteiger partial charge is 0.497 e. The summed E-state index contributed by atoms with van der Waals surface area (Å²) < 4.78 is 18.0. The van der Waals surface area contributed by atoms with Crippen molar-refractivity contribution >= 4 is 23.6 Å². The van der Waals surface area contributed by atoms with Gasteiger partial charge in [0.1, 0.15) is 11.5 Å². The number of methoxy groups -OCH3 is 1. The highest BCUT2D eigenvalue weighted by Crippen LogP contribution is 2.32. The van der Waals surface area contributed by atoms with Crippen LogP contribution in [0, 0.1) is 6.92 Å². The Morgan fingerprint density at radius 2 is 1.94 bits per heavy atom. The van der Waals surface area contributed by atoms with Gasteiger partial charge in [-0.3, -0.25) is 14.7 Å². The highest BCUT2D eigenvalue weighted by Gasteiger charge is 2.23. The Kier molecular flexibility index (Phi) is 7.17. The molecule has 0 bridgehead atoms. The van der Waals surface area contributed by atoms with Gasteiger partial charge in [0, 0.05) is 17.3 Å². The van der Waals surface area contributed by atoms with E-state index in [0.29, 0.717) is 34.9 Å². The molecule has 0 saturated carbocycles. The minimum absolute atomic E-state index is 0.231. The fourth-order valence-electron chi connectivity index (χ4n) is 3.24. The summed E-state index contributed by atoms with van der Waals surface area (Å²) in [5.41, 5.74) is 2.36. The van der Waals surface area contributed by atoms with Gasteiger partial charge in [-0.15, -0.1) is 10.2 Å². The molecule has 1 unspecified atom stereocenters. The van der Waals surface area contributed by atoms with Gasteiger partial charge in [-0.2, -0.15) is 0 Å². The Balaban J connectivity index is 1.67. The molecule has 1 atom stereocenters. The molecular weight excluding hydrogens is 454 g/mol. The Morgan fingerprint density at radius 3 is 2.62 bits per heavy atom. The molecule has 0 saturated heterocycles.